The summed E-state index contributed by atoms with van der Waals surface area (Å²) >= 11 is 0. The second-order valence-electron chi connectivity index (χ2n) is 4.98. The Morgan fingerprint density at radius 3 is 2.33 bits per heavy atom. The largest absolute Gasteiger partial charge is 0.396 e. The topological polar surface area (TPSA) is 104 Å². The van der Waals surface area contributed by atoms with Crippen LogP contribution in [0.25, 0.3) is 0 Å². The van der Waals surface area contributed by atoms with Gasteiger partial charge < -0.3 is 21.5 Å². The van der Waals surface area contributed by atoms with Gasteiger partial charge in [0.2, 0.25) is 11.8 Å². The smallest absolute Gasteiger partial charge is 0.239 e. The second-order valence-corrected chi connectivity index (χ2v) is 4.98. The average molecular weight is 257 g/mol. The molecule has 0 aromatic carbocycles. The van der Waals surface area contributed by atoms with Gasteiger partial charge in [0.05, 0.1) is 19.7 Å². The van der Waals surface area contributed by atoms with E-state index in [9.17, 15) is 14.7 Å². The van der Waals surface area contributed by atoms with Crippen molar-refractivity contribution in [1.29, 1.82) is 0 Å². The highest BCUT2D eigenvalue weighted by atomic mass is 16.3. The molecule has 1 aliphatic carbocycles. The van der Waals surface area contributed by atoms with Crippen LogP contribution in [-0.2, 0) is 9.59 Å². The van der Waals surface area contributed by atoms with Gasteiger partial charge in [-0.2, -0.15) is 0 Å². The van der Waals surface area contributed by atoms with Crippen LogP contribution in [0.1, 0.15) is 32.1 Å². The predicted molar refractivity (Wildman–Crippen MR) is 67.7 cm³/mol. The lowest BCUT2D eigenvalue weighted by Gasteiger charge is -2.35. The Kier molecular flexibility index (Phi) is 6.07. The van der Waals surface area contributed by atoms with E-state index in [4.69, 9.17) is 5.73 Å². The van der Waals surface area contributed by atoms with Crippen molar-refractivity contribution in [3.63, 3.8) is 0 Å². The van der Waals surface area contributed by atoms with Crippen LogP contribution in [-0.4, -0.2) is 43.2 Å². The Morgan fingerprint density at radius 1 is 1.11 bits per heavy atom. The van der Waals surface area contributed by atoms with Crippen LogP contribution in [0.4, 0.5) is 0 Å². The van der Waals surface area contributed by atoms with Crippen molar-refractivity contribution in [3.05, 3.63) is 0 Å². The number of carbonyl (C=O) groups excluding carboxylic acids is 2. The number of aliphatic hydroxyl groups excluding tert-OH is 1. The fraction of sp³-hybridized carbons (Fsp3) is 0.833. The minimum Gasteiger partial charge on any atom is -0.396 e. The number of nitrogens with one attached hydrogen (secondary N) is 2. The van der Waals surface area contributed by atoms with E-state index >= 15 is 0 Å². The van der Waals surface area contributed by atoms with Gasteiger partial charge in [0.1, 0.15) is 0 Å². The van der Waals surface area contributed by atoms with Gasteiger partial charge in [-0.05, 0) is 12.8 Å². The highest BCUT2D eigenvalue weighted by Gasteiger charge is 2.31. The minimum absolute atomic E-state index is 0.0580. The molecule has 0 radical (unpaired) electrons. The van der Waals surface area contributed by atoms with Gasteiger partial charge in [0, 0.05) is 12.0 Å². The van der Waals surface area contributed by atoms with Crippen LogP contribution in [0.2, 0.25) is 0 Å². The van der Waals surface area contributed by atoms with Crippen molar-refractivity contribution in [1.82, 2.24) is 10.6 Å². The summed E-state index contributed by atoms with van der Waals surface area (Å²) in [4.78, 5) is 22.4. The van der Waals surface area contributed by atoms with E-state index in [0.29, 0.717) is 6.54 Å². The van der Waals surface area contributed by atoms with Gasteiger partial charge in [-0.3, -0.25) is 9.59 Å². The maximum Gasteiger partial charge on any atom is 0.239 e. The van der Waals surface area contributed by atoms with E-state index in [1.165, 1.54) is 6.42 Å². The van der Waals surface area contributed by atoms with E-state index in [1.807, 2.05) is 0 Å². The third-order valence-electron chi connectivity index (χ3n) is 3.54. The molecule has 1 rings (SSSR count). The Morgan fingerprint density at radius 2 is 1.78 bits per heavy atom. The standard InChI is InChI=1S/C12H23N3O3/c13-6-10(17)14-7-11(18)15-8-12(9-16)4-2-1-3-5-12/h16H,1-9,13H2,(H,14,17)(H,15,18). The molecular weight excluding hydrogens is 234 g/mol. The summed E-state index contributed by atoms with van der Waals surface area (Å²) in [5, 5.41) is 14.7. The first-order chi connectivity index (χ1) is 8.62. The number of nitrogens with two attached hydrogens (primary N) is 1. The Balaban J connectivity index is 2.29. The van der Waals surface area contributed by atoms with Crippen molar-refractivity contribution in [3.8, 4) is 0 Å². The number of hydrogen-bond donors (Lipinski definition) is 4. The first kappa shape index (κ1) is 14.9. The van der Waals surface area contributed by atoms with Crippen LogP contribution in [0.5, 0.6) is 0 Å². The molecule has 1 aliphatic rings. The number of carbonyl (C=O) groups is 2. The van der Waals surface area contributed by atoms with Crippen molar-refractivity contribution >= 4 is 11.8 Å². The summed E-state index contributed by atoms with van der Waals surface area (Å²) in [6, 6.07) is 0. The van der Waals surface area contributed by atoms with E-state index in [0.717, 1.165) is 25.7 Å². The van der Waals surface area contributed by atoms with Crippen LogP contribution in [0.3, 0.4) is 0 Å². The molecule has 104 valence electrons. The zero-order valence-corrected chi connectivity index (χ0v) is 10.7. The third-order valence-corrected chi connectivity index (χ3v) is 3.54. The lowest BCUT2D eigenvalue weighted by atomic mass is 9.74. The molecule has 2 amide bonds. The van der Waals surface area contributed by atoms with Crippen molar-refractivity contribution < 1.29 is 14.7 Å². The zero-order chi connectivity index (χ0) is 13.4. The van der Waals surface area contributed by atoms with Crippen LogP contribution >= 0.6 is 0 Å². The summed E-state index contributed by atoms with van der Waals surface area (Å²) in [5.74, 6) is -0.588. The second kappa shape index (κ2) is 7.33. The van der Waals surface area contributed by atoms with E-state index in [2.05, 4.69) is 10.6 Å². The Bertz CT molecular complexity index is 288. The lowest BCUT2D eigenvalue weighted by molar-refractivity contribution is -0.125. The average Bonchev–Trinajstić information content (AvgIpc) is 2.43. The molecule has 0 unspecified atom stereocenters. The first-order valence-corrected chi connectivity index (χ1v) is 6.46. The van der Waals surface area contributed by atoms with Crippen LogP contribution in [0.15, 0.2) is 0 Å². The molecule has 0 spiro atoms. The molecule has 0 aromatic rings. The van der Waals surface area contributed by atoms with E-state index < -0.39 is 0 Å². The molecular formula is C12H23N3O3. The summed E-state index contributed by atoms with van der Waals surface area (Å²) < 4.78 is 0. The highest BCUT2D eigenvalue weighted by molar-refractivity contribution is 5.85. The summed E-state index contributed by atoms with van der Waals surface area (Å²) in [5.41, 5.74) is 4.94. The van der Waals surface area contributed by atoms with Crippen LogP contribution in [0, 0.1) is 5.41 Å². The lowest BCUT2D eigenvalue weighted by Crippen LogP contribution is -2.45. The summed E-state index contributed by atoms with van der Waals surface area (Å²) in [7, 11) is 0. The minimum atomic E-state index is -0.348. The molecule has 0 aliphatic heterocycles. The quantitative estimate of drug-likeness (QED) is 0.496. The molecule has 5 N–H and O–H groups in total. The third kappa shape index (κ3) is 4.62. The van der Waals surface area contributed by atoms with Gasteiger partial charge in [0.15, 0.2) is 0 Å². The Hall–Kier alpha value is -1.14. The predicted octanol–water partition coefficient (Wildman–Crippen LogP) is -0.880. The van der Waals surface area contributed by atoms with E-state index in [1.54, 1.807) is 0 Å². The number of rotatable bonds is 6. The highest BCUT2D eigenvalue weighted by Crippen LogP contribution is 2.35. The molecule has 0 bridgehead atoms. The monoisotopic (exact) mass is 257 g/mol. The SMILES string of the molecule is NCC(=O)NCC(=O)NCC1(CO)CCCCC1. The van der Waals surface area contributed by atoms with Gasteiger partial charge in [-0.25, -0.2) is 0 Å². The molecule has 6 nitrogen and oxygen atoms in total. The van der Waals surface area contributed by atoms with E-state index in [-0.39, 0.29) is 36.9 Å². The molecule has 6 heteroatoms. The van der Waals surface area contributed by atoms with Crippen molar-refractivity contribution in [2.24, 2.45) is 11.1 Å². The first-order valence-electron chi connectivity index (χ1n) is 6.46. The molecule has 18 heavy (non-hydrogen) atoms. The fourth-order valence-corrected chi connectivity index (χ4v) is 2.29. The van der Waals surface area contributed by atoms with Gasteiger partial charge in [-0.1, -0.05) is 19.3 Å². The number of aliphatic hydroxyl groups is 1. The Labute approximate surface area is 107 Å². The zero-order valence-electron chi connectivity index (χ0n) is 10.7. The number of hydrogen-bond acceptors (Lipinski definition) is 4. The molecule has 0 saturated heterocycles. The maximum atomic E-state index is 11.5. The molecule has 0 atom stereocenters. The van der Waals surface area contributed by atoms with Crippen molar-refractivity contribution in [2.45, 2.75) is 32.1 Å². The molecule has 1 saturated carbocycles. The molecule has 0 heterocycles. The molecule has 1 fully saturated rings. The van der Waals surface area contributed by atoms with Gasteiger partial charge in [0.25, 0.3) is 0 Å². The van der Waals surface area contributed by atoms with Crippen LogP contribution < -0.4 is 16.4 Å². The summed E-state index contributed by atoms with van der Waals surface area (Å²) in [6.07, 6.45) is 5.28. The molecule has 0 aromatic heterocycles. The van der Waals surface area contributed by atoms with Crippen molar-refractivity contribution in [2.75, 3.05) is 26.2 Å². The maximum absolute atomic E-state index is 11.5. The fourth-order valence-electron chi connectivity index (χ4n) is 2.29. The van der Waals surface area contributed by atoms with Gasteiger partial charge in [-0.15, -0.1) is 0 Å². The van der Waals surface area contributed by atoms with Gasteiger partial charge >= 0.3 is 0 Å². The normalized spacial score (nSPS) is 18.1. The summed E-state index contributed by atoms with van der Waals surface area (Å²) in [6.45, 7) is 0.397. The number of amides is 2.